The third-order valence-corrected chi connectivity index (χ3v) is 9.00. The molecule has 27 heavy (non-hydrogen) atoms. The van der Waals surface area contributed by atoms with Crippen LogP contribution >= 0.6 is 0 Å². The van der Waals surface area contributed by atoms with Gasteiger partial charge in [0, 0.05) is 18.4 Å². The van der Waals surface area contributed by atoms with E-state index in [1.165, 1.54) is 18.9 Å². The highest BCUT2D eigenvalue weighted by Gasteiger charge is 2.64. The van der Waals surface area contributed by atoms with E-state index < -0.39 is 0 Å². The van der Waals surface area contributed by atoms with Gasteiger partial charge >= 0.3 is 11.9 Å². The predicted octanol–water partition coefficient (Wildman–Crippen LogP) is 4.81. The van der Waals surface area contributed by atoms with Crippen molar-refractivity contribution in [2.24, 2.45) is 28.6 Å². The van der Waals surface area contributed by atoms with E-state index in [-0.39, 0.29) is 29.1 Å². The molecule has 0 radical (unpaired) electrons. The Kier molecular flexibility index (Phi) is 4.47. The monoisotopic (exact) mass is 374 g/mol. The number of ether oxygens (including phenoxy) is 2. The number of esters is 2. The molecule has 4 unspecified atom stereocenters. The van der Waals surface area contributed by atoms with E-state index in [9.17, 15) is 9.59 Å². The Hall–Kier alpha value is -1.32. The van der Waals surface area contributed by atoms with E-state index in [4.69, 9.17) is 9.47 Å². The largest absolute Gasteiger partial charge is 0.459 e. The van der Waals surface area contributed by atoms with E-state index in [2.05, 4.69) is 27.4 Å². The Morgan fingerprint density at radius 2 is 1.81 bits per heavy atom. The molecule has 0 spiro atoms. The van der Waals surface area contributed by atoms with Crippen LogP contribution in [-0.4, -0.2) is 23.6 Å². The molecule has 0 aromatic heterocycles. The Bertz CT molecular complexity index is 657. The zero-order valence-corrected chi connectivity index (χ0v) is 17.1. The second kappa shape index (κ2) is 6.35. The van der Waals surface area contributed by atoms with Gasteiger partial charge in [0.05, 0.1) is 0 Å². The highest BCUT2D eigenvalue weighted by Crippen LogP contribution is 2.68. The molecule has 1 aliphatic heterocycles. The predicted molar refractivity (Wildman–Crippen MR) is 103 cm³/mol. The summed E-state index contributed by atoms with van der Waals surface area (Å²) >= 11 is 0. The van der Waals surface area contributed by atoms with Crippen molar-refractivity contribution in [3.8, 4) is 0 Å². The van der Waals surface area contributed by atoms with Gasteiger partial charge in [-0.05, 0) is 81.0 Å². The summed E-state index contributed by atoms with van der Waals surface area (Å²) in [5.41, 5.74) is 0.261. The highest BCUT2D eigenvalue weighted by molar-refractivity contribution is 5.81. The minimum Gasteiger partial charge on any atom is -0.459 e. The van der Waals surface area contributed by atoms with Crippen LogP contribution in [0.25, 0.3) is 0 Å². The van der Waals surface area contributed by atoms with Gasteiger partial charge in [-0.25, -0.2) is 4.79 Å². The van der Waals surface area contributed by atoms with Crippen LogP contribution in [0.2, 0.25) is 0 Å². The molecule has 0 N–H and O–H groups in total. The van der Waals surface area contributed by atoms with Crippen LogP contribution in [0.3, 0.4) is 0 Å². The molecular weight excluding hydrogens is 340 g/mol. The smallest absolute Gasteiger partial charge is 0.330 e. The molecule has 150 valence electrons. The Morgan fingerprint density at radius 3 is 2.56 bits per heavy atom. The van der Waals surface area contributed by atoms with E-state index in [1.54, 1.807) is 0 Å². The van der Waals surface area contributed by atoms with E-state index in [0.29, 0.717) is 29.6 Å². The molecule has 4 rings (SSSR count). The minimum absolute atomic E-state index is 0.0137. The van der Waals surface area contributed by atoms with Crippen LogP contribution in [-0.2, 0) is 19.1 Å². The van der Waals surface area contributed by atoms with Gasteiger partial charge < -0.3 is 9.47 Å². The van der Waals surface area contributed by atoms with Crippen molar-refractivity contribution in [2.75, 3.05) is 0 Å². The summed E-state index contributed by atoms with van der Waals surface area (Å²) in [6, 6.07) is 0. The van der Waals surface area contributed by atoms with Gasteiger partial charge in [-0.1, -0.05) is 20.4 Å². The van der Waals surface area contributed by atoms with Crippen molar-refractivity contribution >= 4 is 11.9 Å². The van der Waals surface area contributed by atoms with Crippen LogP contribution in [0.4, 0.5) is 0 Å². The molecule has 7 atom stereocenters. The maximum Gasteiger partial charge on any atom is 0.330 e. The van der Waals surface area contributed by atoms with Crippen LogP contribution in [0.1, 0.15) is 78.6 Å². The molecule has 1 saturated heterocycles. The SMILES string of the molecule is C=CC(=O)OC1CC[C@@]2(C)C(CC[C@]3(C)C2CC[C@]2(C)OC(=O)CCC32)C1. The second-order valence-electron chi connectivity index (χ2n) is 10.3. The standard InChI is InChI=1S/C23H34O4/c1-5-19(24)26-16-9-12-21(2)15(14-16)8-11-22(3)17(21)10-13-23(4)18(22)6-7-20(25)27-23/h5,15-18H,1,6-14H2,2-4H3/t15?,16?,17?,18?,21-,22+,23-/m0/s1. The number of carbonyl (C=O) groups excluding carboxylic acids is 2. The molecule has 0 aromatic rings. The van der Waals surface area contributed by atoms with Gasteiger partial charge in [0.15, 0.2) is 0 Å². The molecular formula is C23H34O4. The van der Waals surface area contributed by atoms with E-state index >= 15 is 0 Å². The molecule has 4 heteroatoms. The fraction of sp³-hybridized carbons (Fsp3) is 0.826. The van der Waals surface area contributed by atoms with Crippen molar-refractivity contribution in [1.82, 2.24) is 0 Å². The fourth-order valence-electron chi connectivity index (χ4n) is 7.73. The lowest BCUT2D eigenvalue weighted by Gasteiger charge is -2.66. The zero-order chi connectivity index (χ0) is 19.4. The topological polar surface area (TPSA) is 52.6 Å². The number of fused-ring (bicyclic) bond motifs is 5. The molecule has 0 bridgehead atoms. The van der Waals surface area contributed by atoms with E-state index in [0.717, 1.165) is 38.5 Å². The number of rotatable bonds is 2. The van der Waals surface area contributed by atoms with Crippen LogP contribution in [0.5, 0.6) is 0 Å². The summed E-state index contributed by atoms with van der Waals surface area (Å²) in [5.74, 6) is 1.44. The lowest BCUT2D eigenvalue weighted by molar-refractivity contribution is -0.230. The lowest BCUT2D eigenvalue weighted by atomic mass is 9.40. The summed E-state index contributed by atoms with van der Waals surface area (Å²) < 4.78 is 11.5. The maximum absolute atomic E-state index is 12.0. The first-order chi connectivity index (χ1) is 12.7. The Balaban J connectivity index is 1.56. The second-order valence-corrected chi connectivity index (χ2v) is 10.3. The number of carbonyl (C=O) groups is 2. The van der Waals surface area contributed by atoms with Crippen molar-refractivity contribution in [3.63, 3.8) is 0 Å². The molecule has 4 aliphatic rings. The molecule has 4 nitrogen and oxygen atoms in total. The van der Waals surface area contributed by atoms with Gasteiger partial charge in [0.1, 0.15) is 11.7 Å². The number of hydrogen-bond donors (Lipinski definition) is 0. The summed E-state index contributed by atoms with van der Waals surface area (Å²) in [6.07, 6.45) is 10.4. The summed E-state index contributed by atoms with van der Waals surface area (Å²) in [6.45, 7) is 10.7. The highest BCUT2D eigenvalue weighted by atomic mass is 16.6. The first-order valence-corrected chi connectivity index (χ1v) is 10.8. The fourth-order valence-corrected chi connectivity index (χ4v) is 7.73. The van der Waals surface area contributed by atoms with Gasteiger partial charge in [-0.3, -0.25) is 4.79 Å². The van der Waals surface area contributed by atoms with Crippen molar-refractivity contribution in [1.29, 1.82) is 0 Å². The number of hydrogen-bond acceptors (Lipinski definition) is 4. The van der Waals surface area contributed by atoms with Gasteiger partial charge in [0.2, 0.25) is 0 Å². The quantitative estimate of drug-likeness (QED) is 0.514. The van der Waals surface area contributed by atoms with Crippen molar-refractivity contribution < 1.29 is 19.1 Å². The minimum atomic E-state index is -0.290. The zero-order valence-electron chi connectivity index (χ0n) is 17.1. The average Bonchev–Trinajstić information content (AvgIpc) is 2.61. The first-order valence-electron chi connectivity index (χ1n) is 10.8. The van der Waals surface area contributed by atoms with Crippen molar-refractivity contribution in [3.05, 3.63) is 12.7 Å². The molecule has 3 saturated carbocycles. The van der Waals surface area contributed by atoms with Crippen LogP contribution in [0.15, 0.2) is 12.7 Å². The summed E-state index contributed by atoms with van der Waals surface area (Å²) in [4.78, 5) is 23.6. The van der Waals surface area contributed by atoms with E-state index in [1.807, 2.05) is 0 Å². The Morgan fingerprint density at radius 1 is 1.07 bits per heavy atom. The van der Waals surface area contributed by atoms with Gasteiger partial charge in [-0.15, -0.1) is 0 Å². The third kappa shape index (κ3) is 2.86. The summed E-state index contributed by atoms with van der Waals surface area (Å²) in [7, 11) is 0. The Labute approximate surface area is 163 Å². The molecule has 0 amide bonds. The third-order valence-electron chi connectivity index (χ3n) is 9.00. The van der Waals surface area contributed by atoms with Gasteiger partial charge in [0.25, 0.3) is 0 Å². The molecule has 1 heterocycles. The first kappa shape index (κ1) is 19.0. The molecule has 4 fully saturated rings. The lowest BCUT2D eigenvalue weighted by Crippen LogP contribution is -2.63. The molecule has 0 aromatic carbocycles. The molecule has 3 aliphatic carbocycles. The normalized spacial score (nSPS) is 49.1. The van der Waals surface area contributed by atoms with Crippen molar-refractivity contribution in [2.45, 2.75) is 90.3 Å². The summed E-state index contributed by atoms with van der Waals surface area (Å²) in [5, 5.41) is 0. The van der Waals surface area contributed by atoms with Crippen LogP contribution < -0.4 is 0 Å². The average molecular weight is 375 g/mol. The van der Waals surface area contributed by atoms with Gasteiger partial charge in [-0.2, -0.15) is 0 Å². The van der Waals surface area contributed by atoms with Crippen LogP contribution in [0, 0.1) is 28.6 Å². The maximum atomic E-state index is 12.0.